The maximum atomic E-state index is 9.08. The highest BCUT2D eigenvalue weighted by Gasteiger charge is 2.10. The molecule has 2 aromatic carbocycles. The van der Waals surface area contributed by atoms with Gasteiger partial charge in [0.15, 0.2) is 0 Å². The van der Waals surface area contributed by atoms with Gasteiger partial charge in [0, 0.05) is 0 Å². The van der Waals surface area contributed by atoms with Crippen molar-refractivity contribution in [2.75, 3.05) is 0 Å². The summed E-state index contributed by atoms with van der Waals surface area (Å²) in [5.74, 6) is 0. The minimum Gasteiger partial charge on any atom is -0.423 e. The van der Waals surface area contributed by atoms with Gasteiger partial charge in [-0.15, -0.1) is 11.3 Å². The molecule has 0 saturated carbocycles. The third kappa shape index (κ3) is 2.40. The Hall–Kier alpha value is -1.69. The van der Waals surface area contributed by atoms with E-state index < -0.39 is 7.12 Å². The summed E-state index contributed by atoms with van der Waals surface area (Å²) in [5, 5.41) is 19.2. The first kappa shape index (κ1) is 12.4. The second-order valence-electron chi connectivity index (χ2n) is 4.41. The van der Waals surface area contributed by atoms with Crippen LogP contribution in [0.4, 0.5) is 0 Å². The van der Waals surface area contributed by atoms with E-state index in [1.165, 1.54) is 4.70 Å². The highest BCUT2D eigenvalue weighted by Crippen LogP contribution is 2.27. The van der Waals surface area contributed by atoms with Crippen LogP contribution in [0.15, 0.2) is 42.5 Å². The third-order valence-corrected chi connectivity index (χ3v) is 3.99. The summed E-state index contributed by atoms with van der Waals surface area (Å²) >= 11 is 1.69. The van der Waals surface area contributed by atoms with Crippen molar-refractivity contribution in [3.05, 3.63) is 47.5 Å². The average Bonchev–Trinajstić information content (AvgIpc) is 2.77. The van der Waals surface area contributed by atoms with Crippen molar-refractivity contribution in [1.29, 1.82) is 0 Å². The Labute approximate surface area is 115 Å². The molecule has 0 amide bonds. The van der Waals surface area contributed by atoms with Crippen molar-refractivity contribution in [1.82, 2.24) is 4.98 Å². The predicted octanol–water partition coefficient (Wildman–Crippen LogP) is 1.95. The number of aryl methyl sites for hydroxylation is 1. The number of rotatable bonds is 2. The van der Waals surface area contributed by atoms with Crippen LogP contribution in [-0.4, -0.2) is 22.2 Å². The topological polar surface area (TPSA) is 53.4 Å². The van der Waals surface area contributed by atoms with Crippen LogP contribution in [0.2, 0.25) is 0 Å². The molecule has 94 valence electrons. The van der Waals surface area contributed by atoms with Crippen LogP contribution in [0, 0.1) is 6.92 Å². The zero-order chi connectivity index (χ0) is 13.4. The molecule has 0 bridgehead atoms. The summed E-state index contributed by atoms with van der Waals surface area (Å²) in [4.78, 5) is 4.48. The van der Waals surface area contributed by atoms with E-state index in [2.05, 4.69) is 23.2 Å². The van der Waals surface area contributed by atoms with Gasteiger partial charge in [0.1, 0.15) is 0 Å². The van der Waals surface area contributed by atoms with Crippen LogP contribution in [0.1, 0.15) is 5.01 Å². The molecule has 3 aromatic rings. The number of fused-ring (bicyclic) bond motifs is 1. The van der Waals surface area contributed by atoms with E-state index in [1.807, 2.05) is 19.1 Å². The third-order valence-electron chi connectivity index (χ3n) is 3.04. The molecule has 0 aliphatic heterocycles. The van der Waals surface area contributed by atoms with Gasteiger partial charge in [0.2, 0.25) is 0 Å². The van der Waals surface area contributed by atoms with Gasteiger partial charge in [0.25, 0.3) is 0 Å². The number of thiazole rings is 1. The molecule has 0 aliphatic rings. The van der Waals surface area contributed by atoms with E-state index in [9.17, 15) is 0 Å². The van der Waals surface area contributed by atoms with Gasteiger partial charge >= 0.3 is 7.12 Å². The van der Waals surface area contributed by atoms with Crippen molar-refractivity contribution in [2.45, 2.75) is 6.92 Å². The molecule has 0 spiro atoms. The highest BCUT2D eigenvalue weighted by molar-refractivity contribution is 7.18. The van der Waals surface area contributed by atoms with Gasteiger partial charge in [-0.2, -0.15) is 0 Å². The number of hydrogen-bond donors (Lipinski definition) is 2. The Morgan fingerprint density at radius 1 is 1.00 bits per heavy atom. The molecule has 0 saturated heterocycles. The van der Waals surface area contributed by atoms with Crippen LogP contribution in [0.25, 0.3) is 21.3 Å². The second-order valence-corrected chi connectivity index (χ2v) is 5.65. The normalized spacial score (nSPS) is 10.9. The molecule has 3 rings (SSSR count). The lowest BCUT2D eigenvalue weighted by Crippen LogP contribution is -2.29. The molecule has 2 N–H and O–H groups in total. The lowest BCUT2D eigenvalue weighted by atomic mass is 9.80. The first-order chi connectivity index (χ1) is 9.13. The molecule has 0 atom stereocenters. The van der Waals surface area contributed by atoms with E-state index in [0.717, 1.165) is 21.7 Å². The zero-order valence-corrected chi connectivity index (χ0v) is 11.2. The summed E-state index contributed by atoms with van der Waals surface area (Å²) in [6, 6.07) is 13.4. The highest BCUT2D eigenvalue weighted by atomic mass is 32.1. The summed E-state index contributed by atoms with van der Waals surface area (Å²) < 4.78 is 1.18. The lowest BCUT2D eigenvalue weighted by molar-refractivity contribution is 0.426. The summed E-state index contributed by atoms with van der Waals surface area (Å²) in [6.45, 7) is 2.00. The molecule has 0 fully saturated rings. The Morgan fingerprint density at radius 3 is 2.37 bits per heavy atom. The molecule has 0 aliphatic carbocycles. The minimum atomic E-state index is -1.42. The van der Waals surface area contributed by atoms with Crippen LogP contribution >= 0.6 is 11.3 Å². The van der Waals surface area contributed by atoms with Crippen molar-refractivity contribution in [2.24, 2.45) is 0 Å². The summed E-state index contributed by atoms with van der Waals surface area (Å²) in [5.41, 5.74) is 3.62. The fraction of sp³-hybridized carbons (Fsp3) is 0.0714. The van der Waals surface area contributed by atoms with Crippen LogP contribution < -0.4 is 5.46 Å². The van der Waals surface area contributed by atoms with Gasteiger partial charge in [-0.25, -0.2) is 4.98 Å². The van der Waals surface area contributed by atoms with Gasteiger partial charge in [-0.1, -0.05) is 30.3 Å². The molecule has 19 heavy (non-hydrogen) atoms. The molecule has 3 nitrogen and oxygen atoms in total. The van der Waals surface area contributed by atoms with Crippen molar-refractivity contribution in [3.8, 4) is 11.1 Å². The van der Waals surface area contributed by atoms with E-state index in [0.29, 0.717) is 5.46 Å². The molecule has 1 heterocycles. The van der Waals surface area contributed by atoms with E-state index in [-0.39, 0.29) is 0 Å². The predicted molar refractivity (Wildman–Crippen MR) is 79.6 cm³/mol. The van der Waals surface area contributed by atoms with Crippen molar-refractivity contribution < 1.29 is 10.0 Å². The maximum Gasteiger partial charge on any atom is 0.488 e. The molecule has 0 unspecified atom stereocenters. The van der Waals surface area contributed by atoms with E-state index in [1.54, 1.807) is 23.5 Å². The van der Waals surface area contributed by atoms with E-state index >= 15 is 0 Å². The van der Waals surface area contributed by atoms with Crippen molar-refractivity contribution in [3.63, 3.8) is 0 Å². The van der Waals surface area contributed by atoms with E-state index in [4.69, 9.17) is 10.0 Å². The number of nitrogens with zero attached hydrogens (tertiary/aromatic N) is 1. The van der Waals surface area contributed by atoms with Crippen LogP contribution in [-0.2, 0) is 0 Å². The summed E-state index contributed by atoms with van der Waals surface area (Å²) in [7, 11) is -1.42. The Morgan fingerprint density at radius 2 is 1.68 bits per heavy atom. The second kappa shape index (κ2) is 4.77. The minimum absolute atomic E-state index is 0.495. The lowest BCUT2D eigenvalue weighted by Gasteiger charge is -2.04. The number of aromatic nitrogens is 1. The van der Waals surface area contributed by atoms with Crippen LogP contribution in [0.3, 0.4) is 0 Å². The summed E-state index contributed by atoms with van der Waals surface area (Å²) in [6.07, 6.45) is 0. The standard InChI is InChI=1S/C14H12BNO2S/c1-9-16-13-8-11(4-7-14(13)19-9)10-2-5-12(6-3-10)15(17)18/h2-8,17-18H,1H3. The van der Waals surface area contributed by atoms with Gasteiger partial charge in [0.05, 0.1) is 15.2 Å². The molecule has 0 radical (unpaired) electrons. The first-order valence-corrected chi connectivity index (χ1v) is 6.79. The first-order valence-electron chi connectivity index (χ1n) is 5.97. The van der Waals surface area contributed by atoms with Crippen molar-refractivity contribution >= 4 is 34.1 Å². The maximum absolute atomic E-state index is 9.08. The Bertz CT molecular complexity index is 722. The molecular weight excluding hydrogens is 257 g/mol. The van der Waals surface area contributed by atoms with Crippen LogP contribution in [0.5, 0.6) is 0 Å². The fourth-order valence-corrected chi connectivity index (χ4v) is 2.88. The Kier molecular flexibility index (Phi) is 3.10. The molecule has 5 heteroatoms. The number of hydrogen-bond acceptors (Lipinski definition) is 4. The largest absolute Gasteiger partial charge is 0.488 e. The molecule has 1 aromatic heterocycles. The zero-order valence-electron chi connectivity index (χ0n) is 10.4. The number of benzene rings is 2. The average molecular weight is 269 g/mol. The molecular formula is C14H12BNO2S. The van der Waals surface area contributed by atoms with Gasteiger partial charge in [-0.3, -0.25) is 0 Å². The quantitative estimate of drug-likeness (QED) is 0.699. The van der Waals surface area contributed by atoms with Gasteiger partial charge < -0.3 is 10.0 Å². The Balaban J connectivity index is 2.03. The fourth-order valence-electron chi connectivity index (χ4n) is 2.07. The SMILES string of the molecule is Cc1nc2cc(-c3ccc(B(O)O)cc3)ccc2s1. The smallest absolute Gasteiger partial charge is 0.423 e. The monoisotopic (exact) mass is 269 g/mol. The van der Waals surface area contributed by atoms with Gasteiger partial charge in [-0.05, 0) is 35.6 Å².